The maximum atomic E-state index is 12.7. The van der Waals surface area contributed by atoms with E-state index >= 15 is 0 Å². The van der Waals surface area contributed by atoms with Crippen LogP contribution in [0.3, 0.4) is 0 Å². The minimum Gasteiger partial charge on any atom is -0.314 e. The van der Waals surface area contributed by atoms with Crippen LogP contribution in [0, 0.1) is 0 Å². The van der Waals surface area contributed by atoms with Gasteiger partial charge in [-0.2, -0.15) is 13.2 Å². The fourth-order valence-corrected chi connectivity index (χ4v) is 2.28. The van der Waals surface area contributed by atoms with Gasteiger partial charge in [0, 0.05) is 25.7 Å². The van der Waals surface area contributed by atoms with Gasteiger partial charge in [0.1, 0.15) is 0 Å². The first-order valence-electron chi connectivity index (χ1n) is 5.30. The molecular weight excluding hydrogens is 253 g/mol. The Morgan fingerprint density at radius 1 is 1.24 bits per heavy atom. The van der Waals surface area contributed by atoms with Gasteiger partial charge in [-0.3, -0.25) is 0 Å². The topological polar surface area (TPSA) is 24.1 Å². The molecule has 0 spiro atoms. The van der Waals surface area contributed by atoms with Crippen LogP contribution >= 0.6 is 11.6 Å². The molecule has 0 aromatic heterocycles. The van der Waals surface area contributed by atoms with Gasteiger partial charge >= 0.3 is 6.18 Å². The molecule has 1 fully saturated rings. The molecule has 1 saturated heterocycles. The van der Waals surface area contributed by atoms with Crippen LogP contribution < -0.4 is 10.6 Å². The van der Waals surface area contributed by atoms with E-state index in [0.29, 0.717) is 12.1 Å². The standard InChI is InChI=1S/C11H12ClF3N2/c12-10-7(9-6-16-4-5-17-9)2-1-3-8(10)11(13,14)15/h1-3,9,16-17H,4-6H2/t9-/m0/s1. The monoisotopic (exact) mass is 264 g/mol. The summed E-state index contributed by atoms with van der Waals surface area (Å²) < 4.78 is 38.0. The van der Waals surface area contributed by atoms with Crippen LogP contribution in [-0.4, -0.2) is 19.6 Å². The van der Waals surface area contributed by atoms with E-state index in [-0.39, 0.29) is 11.1 Å². The maximum Gasteiger partial charge on any atom is 0.417 e. The predicted molar refractivity (Wildman–Crippen MR) is 60.1 cm³/mol. The highest BCUT2D eigenvalue weighted by atomic mass is 35.5. The number of nitrogens with one attached hydrogen (secondary N) is 2. The molecule has 0 aliphatic carbocycles. The summed E-state index contributed by atoms with van der Waals surface area (Å²) in [6, 6.07) is 3.85. The normalized spacial score (nSPS) is 21.5. The van der Waals surface area contributed by atoms with Gasteiger partial charge in [-0.1, -0.05) is 23.7 Å². The highest BCUT2D eigenvalue weighted by Gasteiger charge is 2.34. The number of piperazine rings is 1. The van der Waals surface area contributed by atoms with Gasteiger partial charge < -0.3 is 10.6 Å². The van der Waals surface area contributed by atoms with Gasteiger partial charge in [0.05, 0.1) is 10.6 Å². The van der Waals surface area contributed by atoms with Crippen LogP contribution in [0.1, 0.15) is 17.2 Å². The summed E-state index contributed by atoms with van der Waals surface area (Å²) >= 11 is 5.84. The van der Waals surface area contributed by atoms with Crippen LogP contribution in [0.4, 0.5) is 13.2 Å². The van der Waals surface area contributed by atoms with Crippen molar-refractivity contribution in [3.8, 4) is 0 Å². The van der Waals surface area contributed by atoms with E-state index in [1.165, 1.54) is 6.07 Å². The average Bonchev–Trinajstić information content (AvgIpc) is 2.29. The zero-order valence-electron chi connectivity index (χ0n) is 8.94. The molecule has 2 N–H and O–H groups in total. The molecule has 0 unspecified atom stereocenters. The summed E-state index contributed by atoms with van der Waals surface area (Å²) in [5.41, 5.74) is -0.280. The third-order valence-corrected chi connectivity index (χ3v) is 3.17. The molecule has 1 aliphatic heterocycles. The van der Waals surface area contributed by atoms with Crippen molar-refractivity contribution < 1.29 is 13.2 Å². The van der Waals surface area contributed by atoms with Crippen LogP contribution in [0.25, 0.3) is 0 Å². The number of hydrogen-bond acceptors (Lipinski definition) is 2. The first kappa shape index (κ1) is 12.7. The largest absolute Gasteiger partial charge is 0.417 e. The van der Waals surface area contributed by atoms with E-state index in [9.17, 15) is 13.2 Å². The Kier molecular flexibility index (Phi) is 3.61. The third-order valence-electron chi connectivity index (χ3n) is 2.75. The van der Waals surface area contributed by atoms with Crippen molar-refractivity contribution in [2.75, 3.05) is 19.6 Å². The predicted octanol–water partition coefficient (Wildman–Crippen LogP) is 2.59. The van der Waals surface area contributed by atoms with Gasteiger partial charge in [0.25, 0.3) is 0 Å². The lowest BCUT2D eigenvalue weighted by Gasteiger charge is -2.26. The van der Waals surface area contributed by atoms with Crippen molar-refractivity contribution in [3.63, 3.8) is 0 Å². The lowest BCUT2D eigenvalue weighted by atomic mass is 10.0. The molecule has 2 nitrogen and oxygen atoms in total. The zero-order valence-corrected chi connectivity index (χ0v) is 9.70. The Morgan fingerprint density at radius 3 is 2.59 bits per heavy atom. The van der Waals surface area contributed by atoms with Crippen molar-refractivity contribution in [3.05, 3.63) is 34.3 Å². The molecule has 1 aromatic carbocycles. The first-order valence-corrected chi connectivity index (χ1v) is 5.67. The maximum absolute atomic E-state index is 12.7. The second-order valence-corrected chi connectivity index (χ2v) is 4.30. The van der Waals surface area contributed by atoms with Gasteiger partial charge in [-0.25, -0.2) is 0 Å². The summed E-state index contributed by atoms with van der Waals surface area (Å²) in [4.78, 5) is 0. The van der Waals surface area contributed by atoms with Crippen molar-refractivity contribution in [1.29, 1.82) is 0 Å². The molecule has 0 bridgehead atoms. The summed E-state index contributed by atoms with van der Waals surface area (Å²) in [6.07, 6.45) is -4.41. The van der Waals surface area contributed by atoms with E-state index in [4.69, 9.17) is 11.6 Å². The molecular formula is C11H12ClF3N2. The fraction of sp³-hybridized carbons (Fsp3) is 0.455. The number of rotatable bonds is 1. The Morgan fingerprint density at radius 2 is 2.00 bits per heavy atom. The molecule has 0 saturated carbocycles. The zero-order chi connectivity index (χ0) is 12.5. The van der Waals surface area contributed by atoms with Crippen LogP contribution in [0.2, 0.25) is 5.02 Å². The number of alkyl halides is 3. The average molecular weight is 265 g/mol. The molecule has 0 amide bonds. The van der Waals surface area contributed by atoms with Crippen LogP contribution in [0.5, 0.6) is 0 Å². The fourth-order valence-electron chi connectivity index (χ4n) is 1.91. The Hall–Kier alpha value is -0.780. The molecule has 1 heterocycles. The Bertz CT molecular complexity index is 400. The molecule has 94 valence electrons. The van der Waals surface area contributed by atoms with Gasteiger partial charge in [-0.15, -0.1) is 0 Å². The highest BCUT2D eigenvalue weighted by Crippen LogP contribution is 2.37. The summed E-state index contributed by atoms with van der Waals surface area (Å²) in [6.45, 7) is 2.12. The first-order chi connectivity index (χ1) is 8.00. The van der Waals surface area contributed by atoms with E-state index in [2.05, 4.69) is 10.6 Å². The second kappa shape index (κ2) is 4.84. The summed E-state index contributed by atoms with van der Waals surface area (Å²) in [5, 5.41) is 6.05. The van der Waals surface area contributed by atoms with E-state index in [0.717, 1.165) is 19.2 Å². The molecule has 1 aromatic rings. The highest BCUT2D eigenvalue weighted by molar-refractivity contribution is 6.32. The van der Waals surface area contributed by atoms with E-state index < -0.39 is 11.7 Å². The van der Waals surface area contributed by atoms with Crippen LogP contribution in [-0.2, 0) is 6.18 Å². The summed E-state index contributed by atoms with van der Waals surface area (Å²) in [5.74, 6) is 0. The molecule has 17 heavy (non-hydrogen) atoms. The summed E-state index contributed by atoms with van der Waals surface area (Å²) in [7, 11) is 0. The minimum absolute atomic E-state index is 0.168. The molecule has 0 radical (unpaired) electrons. The quantitative estimate of drug-likeness (QED) is 0.815. The van der Waals surface area contributed by atoms with E-state index in [1.807, 2.05) is 0 Å². The van der Waals surface area contributed by atoms with E-state index in [1.54, 1.807) is 6.07 Å². The second-order valence-electron chi connectivity index (χ2n) is 3.92. The minimum atomic E-state index is -4.41. The Labute approximate surface area is 102 Å². The smallest absolute Gasteiger partial charge is 0.314 e. The van der Waals surface area contributed by atoms with Gasteiger partial charge in [-0.05, 0) is 11.6 Å². The van der Waals surface area contributed by atoms with Gasteiger partial charge in [0.2, 0.25) is 0 Å². The van der Waals surface area contributed by atoms with Gasteiger partial charge in [0.15, 0.2) is 0 Å². The molecule has 2 rings (SSSR count). The van der Waals surface area contributed by atoms with Crippen LogP contribution in [0.15, 0.2) is 18.2 Å². The third kappa shape index (κ3) is 2.73. The molecule has 6 heteroatoms. The van der Waals surface area contributed by atoms with Crippen molar-refractivity contribution >= 4 is 11.6 Å². The number of benzene rings is 1. The lowest BCUT2D eigenvalue weighted by Crippen LogP contribution is -2.42. The number of hydrogen-bond donors (Lipinski definition) is 2. The SMILES string of the molecule is FC(F)(F)c1cccc([C@@H]2CNCCN2)c1Cl. The van der Waals surface area contributed by atoms with Crippen molar-refractivity contribution in [2.24, 2.45) is 0 Å². The molecule has 1 atom stereocenters. The molecule has 1 aliphatic rings. The lowest BCUT2D eigenvalue weighted by molar-refractivity contribution is -0.137. The van der Waals surface area contributed by atoms with Crippen molar-refractivity contribution in [1.82, 2.24) is 10.6 Å². The Balaban J connectivity index is 2.35. The number of halogens is 4. The van der Waals surface area contributed by atoms with Crippen molar-refractivity contribution in [2.45, 2.75) is 12.2 Å².